The number of hydrogen-bond acceptors (Lipinski definition) is 3. The molecule has 1 unspecified atom stereocenters. The highest BCUT2D eigenvalue weighted by Gasteiger charge is 2.15. The minimum absolute atomic E-state index is 0.221. The number of esters is 1. The predicted molar refractivity (Wildman–Crippen MR) is 87.4 cm³/mol. The second-order valence-corrected chi connectivity index (χ2v) is 6.92. The van der Waals surface area contributed by atoms with Gasteiger partial charge in [0.1, 0.15) is 5.60 Å². The van der Waals surface area contributed by atoms with Crippen molar-refractivity contribution < 1.29 is 9.53 Å². The number of ether oxygens (including phenoxy) is 1. The van der Waals surface area contributed by atoms with Crippen LogP contribution in [-0.4, -0.2) is 18.1 Å². The van der Waals surface area contributed by atoms with E-state index in [0.717, 1.165) is 0 Å². The van der Waals surface area contributed by atoms with Gasteiger partial charge in [-0.15, -0.1) is 9.24 Å². The summed E-state index contributed by atoms with van der Waals surface area (Å²) >= 11 is 0. The molecule has 0 aliphatic carbocycles. The molecule has 1 rings (SSSR count). The molecule has 4 heteroatoms. The number of rotatable bonds is 5. The molecule has 0 aliphatic heterocycles. The van der Waals surface area contributed by atoms with Crippen molar-refractivity contribution in [3.05, 3.63) is 29.3 Å². The van der Waals surface area contributed by atoms with Gasteiger partial charge >= 0.3 is 5.97 Å². The van der Waals surface area contributed by atoms with Crippen molar-refractivity contribution in [2.75, 3.05) is 6.54 Å². The molecule has 1 N–H and O–H groups in total. The van der Waals surface area contributed by atoms with Crippen LogP contribution in [0.25, 0.3) is 0 Å². The Morgan fingerprint density at radius 3 is 2.50 bits per heavy atom. The van der Waals surface area contributed by atoms with E-state index in [9.17, 15) is 4.79 Å². The summed E-state index contributed by atoms with van der Waals surface area (Å²) < 4.78 is 5.25. The first-order chi connectivity index (χ1) is 9.19. The topological polar surface area (TPSA) is 38.3 Å². The summed E-state index contributed by atoms with van der Waals surface area (Å²) in [5, 5.41) is 4.30. The molecular weight excluding hydrogens is 269 g/mol. The summed E-state index contributed by atoms with van der Waals surface area (Å²) in [5.41, 5.74) is 2.08. The third-order valence-corrected chi connectivity index (χ3v) is 3.38. The van der Waals surface area contributed by atoms with Crippen LogP contribution in [0.4, 0.5) is 0 Å². The molecule has 1 aromatic carbocycles. The average molecular weight is 295 g/mol. The van der Waals surface area contributed by atoms with Crippen LogP contribution in [0.3, 0.4) is 0 Å². The second-order valence-electron chi connectivity index (χ2n) is 6.30. The summed E-state index contributed by atoms with van der Waals surface area (Å²) in [6.07, 6.45) is 0. The molecule has 0 bridgehead atoms. The van der Waals surface area contributed by atoms with Gasteiger partial charge < -0.3 is 10.1 Å². The van der Waals surface area contributed by atoms with Crippen molar-refractivity contribution in [2.45, 2.75) is 52.7 Å². The van der Waals surface area contributed by atoms with Gasteiger partial charge in [-0.05, 0) is 43.1 Å². The highest BCUT2D eigenvalue weighted by atomic mass is 31.0. The number of carbonyl (C=O) groups is 1. The Hall–Kier alpha value is -0.920. The highest BCUT2D eigenvalue weighted by molar-refractivity contribution is 7.27. The minimum Gasteiger partial charge on any atom is -0.459 e. The molecule has 3 nitrogen and oxygen atoms in total. The standard InChI is InChI=1S/C16H26NO2P/c1-11(2)12-6-7-13(14(20)8-12)9-17-10-15(18)19-16(3,4)5/h6-8,11,17H,9-10,20H2,1-5H3. The van der Waals surface area contributed by atoms with Gasteiger partial charge in [-0.2, -0.15) is 0 Å². The van der Waals surface area contributed by atoms with E-state index in [-0.39, 0.29) is 12.5 Å². The van der Waals surface area contributed by atoms with E-state index in [2.05, 4.69) is 46.6 Å². The summed E-state index contributed by atoms with van der Waals surface area (Å²) in [6.45, 7) is 10.9. The van der Waals surface area contributed by atoms with E-state index in [4.69, 9.17) is 4.74 Å². The summed E-state index contributed by atoms with van der Waals surface area (Å²) in [7, 11) is 2.76. The maximum Gasteiger partial charge on any atom is 0.320 e. The Balaban J connectivity index is 2.48. The van der Waals surface area contributed by atoms with Gasteiger partial charge in [0.15, 0.2) is 0 Å². The molecule has 0 heterocycles. The molecular formula is C16H26NO2P. The minimum atomic E-state index is -0.427. The lowest BCUT2D eigenvalue weighted by Gasteiger charge is -2.19. The van der Waals surface area contributed by atoms with Gasteiger partial charge in [0.2, 0.25) is 0 Å². The van der Waals surface area contributed by atoms with Gasteiger partial charge in [-0.1, -0.05) is 32.0 Å². The van der Waals surface area contributed by atoms with Crippen LogP contribution in [0.2, 0.25) is 0 Å². The zero-order chi connectivity index (χ0) is 15.3. The molecule has 0 fully saturated rings. The fourth-order valence-corrected chi connectivity index (χ4v) is 2.20. The predicted octanol–water partition coefficient (Wildman–Crippen LogP) is 2.74. The maximum absolute atomic E-state index is 11.6. The maximum atomic E-state index is 11.6. The van der Waals surface area contributed by atoms with Crippen molar-refractivity contribution in [3.8, 4) is 0 Å². The molecule has 0 aliphatic rings. The molecule has 1 atom stereocenters. The van der Waals surface area contributed by atoms with Crippen LogP contribution in [-0.2, 0) is 16.1 Å². The fourth-order valence-electron chi connectivity index (χ4n) is 1.81. The van der Waals surface area contributed by atoms with E-state index in [0.29, 0.717) is 12.5 Å². The van der Waals surface area contributed by atoms with Crippen LogP contribution in [0.1, 0.15) is 51.7 Å². The van der Waals surface area contributed by atoms with Gasteiger partial charge in [0, 0.05) is 6.54 Å². The Morgan fingerprint density at radius 2 is 2.00 bits per heavy atom. The van der Waals surface area contributed by atoms with E-state index in [1.165, 1.54) is 16.4 Å². The number of hydrogen-bond donors (Lipinski definition) is 1. The van der Waals surface area contributed by atoms with Crippen LogP contribution < -0.4 is 10.6 Å². The van der Waals surface area contributed by atoms with E-state index in [1.807, 2.05) is 20.8 Å². The first-order valence-electron chi connectivity index (χ1n) is 7.00. The Labute approximate surface area is 124 Å². The molecule has 0 saturated heterocycles. The quantitative estimate of drug-likeness (QED) is 0.670. The Bertz CT molecular complexity index is 464. The normalized spacial score (nSPS) is 11.8. The first kappa shape index (κ1) is 17.1. The van der Waals surface area contributed by atoms with Gasteiger partial charge in [0.25, 0.3) is 0 Å². The van der Waals surface area contributed by atoms with Crippen LogP contribution >= 0.6 is 9.24 Å². The Morgan fingerprint density at radius 1 is 1.35 bits per heavy atom. The summed E-state index contributed by atoms with van der Waals surface area (Å²) in [5.74, 6) is 0.305. The number of carbonyl (C=O) groups excluding carboxylic acids is 1. The first-order valence-corrected chi connectivity index (χ1v) is 7.57. The lowest BCUT2D eigenvalue weighted by molar-refractivity contribution is -0.153. The van der Waals surface area contributed by atoms with Crippen molar-refractivity contribution in [1.29, 1.82) is 0 Å². The number of nitrogens with one attached hydrogen (secondary N) is 1. The second kappa shape index (κ2) is 7.19. The molecule has 112 valence electrons. The monoisotopic (exact) mass is 295 g/mol. The largest absolute Gasteiger partial charge is 0.459 e. The molecule has 20 heavy (non-hydrogen) atoms. The zero-order valence-corrected chi connectivity index (χ0v) is 14.3. The van der Waals surface area contributed by atoms with Crippen molar-refractivity contribution in [2.24, 2.45) is 0 Å². The lowest BCUT2D eigenvalue weighted by atomic mass is 10.0. The van der Waals surface area contributed by atoms with Gasteiger partial charge in [0.05, 0.1) is 6.54 Å². The smallest absolute Gasteiger partial charge is 0.320 e. The van der Waals surface area contributed by atoms with Crippen molar-refractivity contribution in [1.82, 2.24) is 5.32 Å². The van der Waals surface area contributed by atoms with Gasteiger partial charge in [-0.3, -0.25) is 4.79 Å². The van der Waals surface area contributed by atoms with E-state index in [1.54, 1.807) is 0 Å². The zero-order valence-electron chi connectivity index (χ0n) is 13.1. The lowest BCUT2D eigenvalue weighted by Crippen LogP contribution is -2.31. The molecule has 0 radical (unpaired) electrons. The van der Waals surface area contributed by atoms with Gasteiger partial charge in [-0.25, -0.2) is 0 Å². The van der Waals surface area contributed by atoms with Crippen molar-refractivity contribution in [3.63, 3.8) is 0 Å². The molecule has 0 saturated carbocycles. The SMILES string of the molecule is CC(C)c1ccc(CNCC(=O)OC(C)(C)C)c(P)c1. The summed E-state index contributed by atoms with van der Waals surface area (Å²) in [6, 6.07) is 6.43. The summed E-state index contributed by atoms with van der Waals surface area (Å²) in [4.78, 5) is 11.6. The Kier molecular flexibility index (Phi) is 6.16. The van der Waals surface area contributed by atoms with Crippen molar-refractivity contribution >= 4 is 20.5 Å². The van der Waals surface area contributed by atoms with Crippen LogP contribution in [0.15, 0.2) is 18.2 Å². The third-order valence-electron chi connectivity index (χ3n) is 2.84. The number of benzene rings is 1. The average Bonchev–Trinajstić information content (AvgIpc) is 2.28. The molecule has 1 aromatic rings. The highest BCUT2D eigenvalue weighted by Crippen LogP contribution is 2.15. The fraction of sp³-hybridized carbons (Fsp3) is 0.562. The molecule has 0 aromatic heterocycles. The van der Waals surface area contributed by atoms with E-state index >= 15 is 0 Å². The van der Waals surface area contributed by atoms with E-state index < -0.39 is 5.60 Å². The van der Waals surface area contributed by atoms with Crippen LogP contribution in [0, 0.1) is 0 Å². The van der Waals surface area contributed by atoms with Crippen LogP contribution in [0.5, 0.6) is 0 Å². The molecule has 0 spiro atoms. The molecule has 0 amide bonds. The third kappa shape index (κ3) is 6.02.